The van der Waals surface area contributed by atoms with Gasteiger partial charge in [-0.1, -0.05) is 12.1 Å². The molecule has 0 spiro atoms. The summed E-state index contributed by atoms with van der Waals surface area (Å²) in [6.07, 6.45) is 1.03. The van der Waals surface area contributed by atoms with Crippen molar-refractivity contribution in [3.8, 4) is 5.75 Å². The topological polar surface area (TPSA) is 75.7 Å². The Morgan fingerprint density at radius 1 is 1.00 bits per heavy atom. The lowest BCUT2D eigenvalue weighted by Gasteiger charge is -2.31. The average molecular weight is 459 g/mol. The molecule has 1 amide bonds. The molecule has 0 saturated carbocycles. The summed E-state index contributed by atoms with van der Waals surface area (Å²) in [5.74, 6) is 0.466. The van der Waals surface area contributed by atoms with Crippen molar-refractivity contribution in [2.45, 2.75) is 58.4 Å². The number of methoxy groups -OCH3 is 1. The van der Waals surface area contributed by atoms with Gasteiger partial charge in [-0.2, -0.15) is 4.31 Å². The maximum Gasteiger partial charge on any atom is 0.243 e. The second-order valence-electron chi connectivity index (χ2n) is 8.83. The molecule has 2 aromatic rings. The molecule has 1 saturated heterocycles. The number of hydrogen-bond donors (Lipinski definition) is 1. The molecule has 1 heterocycles. The number of amides is 1. The van der Waals surface area contributed by atoms with Crippen LogP contribution in [0.2, 0.25) is 0 Å². The van der Waals surface area contributed by atoms with Gasteiger partial charge in [-0.25, -0.2) is 8.42 Å². The number of hydrogen-bond acceptors (Lipinski definition) is 4. The molecule has 1 aliphatic rings. The van der Waals surface area contributed by atoms with Crippen LogP contribution in [0.5, 0.6) is 5.75 Å². The van der Waals surface area contributed by atoms with E-state index in [9.17, 15) is 13.2 Å². The lowest BCUT2D eigenvalue weighted by atomic mass is 9.94. The second kappa shape index (κ2) is 9.63. The first kappa shape index (κ1) is 24.3. The average Bonchev–Trinajstić information content (AvgIpc) is 2.76. The molecule has 1 aliphatic heterocycles. The van der Waals surface area contributed by atoms with Gasteiger partial charge in [-0.05, 0) is 93.5 Å². The number of carbonyl (C=O) groups is 1. The number of rotatable bonds is 6. The molecule has 32 heavy (non-hydrogen) atoms. The van der Waals surface area contributed by atoms with Crippen molar-refractivity contribution in [2.24, 2.45) is 5.92 Å². The molecule has 2 aromatic carbocycles. The third-order valence-corrected chi connectivity index (χ3v) is 8.43. The summed E-state index contributed by atoms with van der Waals surface area (Å²) in [6, 6.07) is 9.09. The van der Waals surface area contributed by atoms with Gasteiger partial charge in [0.25, 0.3) is 0 Å². The molecular weight excluding hydrogens is 424 g/mol. The minimum absolute atomic E-state index is 0.00697. The molecule has 0 aromatic heterocycles. The number of aryl methyl sites for hydroxylation is 4. The Hall–Kier alpha value is -2.38. The molecule has 174 valence electrons. The van der Waals surface area contributed by atoms with Crippen molar-refractivity contribution in [1.82, 2.24) is 9.62 Å². The zero-order valence-electron chi connectivity index (χ0n) is 19.9. The Morgan fingerprint density at radius 3 is 2.22 bits per heavy atom. The summed E-state index contributed by atoms with van der Waals surface area (Å²) in [5.41, 5.74) is 5.51. The van der Waals surface area contributed by atoms with Crippen molar-refractivity contribution in [3.05, 3.63) is 58.1 Å². The highest BCUT2D eigenvalue weighted by Crippen LogP contribution is 2.28. The van der Waals surface area contributed by atoms with E-state index in [4.69, 9.17) is 4.74 Å². The normalized spacial score (nSPS) is 16.6. The monoisotopic (exact) mass is 458 g/mol. The highest BCUT2D eigenvalue weighted by Gasteiger charge is 2.32. The Morgan fingerprint density at radius 2 is 1.62 bits per heavy atom. The van der Waals surface area contributed by atoms with Crippen LogP contribution in [-0.2, 0) is 14.8 Å². The maximum absolute atomic E-state index is 13.1. The van der Waals surface area contributed by atoms with Gasteiger partial charge in [-0.15, -0.1) is 0 Å². The van der Waals surface area contributed by atoms with Gasteiger partial charge in [0.2, 0.25) is 15.9 Å². The van der Waals surface area contributed by atoms with E-state index in [1.54, 1.807) is 25.3 Å². The first-order valence-electron chi connectivity index (χ1n) is 11.1. The zero-order chi connectivity index (χ0) is 23.6. The Balaban J connectivity index is 1.63. The van der Waals surface area contributed by atoms with E-state index in [2.05, 4.69) is 38.2 Å². The van der Waals surface area contributed by atoms with Crippen molar-refractivity contribution in [2.75, 3.05) is 20.2 Å². The third kappa shape index (κ3) is 4.99. The van der Waals surface area contributed by atoms with Crippen molar-refractivity contribution < 1.29 is 17.9 Å². The first-order chi connectivity index (χ1) is 15.0. The highest BCUT2D eigenvalue weighted by atomic mass is 32.2. The molecule has 1 N–H and O–H groups in total. The van der Waals surface area contributed by atoms with Gasteiger partial charge in [0.05, 0.1) is 18.0 Å². The zero-order valence-corrected chi connectivity index (χ0v) is 20.7. The van der Waals surface area contributed by atoms with Gasteiger partial charge in [0, 0.05) is 19.0 Å². The summed E-state index contributed by atoms with van der Waals surface area (Å²) in [4.78, 5) is 13.2. The molecule has 6 nitrogen and oxygen atoms in total. The molecule has 0 radical (unpaired) electrons. The van der Waals surface area contributed by atoms with Crippen LogP contribution in [0.15, 0.2) is 35.2 Å². The predicted octanol–water partition coefficient (Wildman–Crippen LogP) is 4.21. The highest BCUT2D eigenvalue weighted by molar-refractivity contribution is 7.89. The smallest absolute Gasteiger partial charge is 0.243 e. The lowest BCUT2D eigenvalue weighted by molar-refractivity contribution is -0.126. The van der Waals surface area contributed by atoms with Crippen LogP contribution in [0.3, 0.4) is 0 Å². The predicted molar refractivity (Wildman–Crippen MR) is 126 cm³/mol. The molecule has 0 aliphatic carbocycles. The van der Waals surface area contributed by atoms with Gasteiger partial charge < -0.3 is 10.1 Å². The fraction of sp³-hybridized carbons (Fsp3) is 0.480. The van der Waals surface area contributed by atoms with Crippen LogP contribution < -0.4 is 10.1 Å². The van der Waals surface area contributed by atoms with Crippen LogP contribution in [-0.4, -0.2) is 38.8 Å². The molecule has 0 unspecified atom stereocenters. The summed E-state index contributed by atoms with van der Waals surface area (Å²) < 4.78 is 32.8. The van der Waals surface area contributed by atoms with Gasteiger partial charge >= 0.3 is 0 Å². The van der Waals surface area contributed by atoms with E-state index >= 15 is 0 Å². The standard InChI is InChI=1S/C25H34N2O4S/c1-16-13-18(3)23(15-17(16)2)20(5)26-25(28)21-9-11-27(12-10-21)32(29,30)22-7-8-24(31-6)19(4)14-22/h7-8,13-15,20-21H,9-12H2,1-6H3,(H,26,28)/t20-/m1/s1. The second-order valence-corrected chi connectivity index (χ2v) is 10.8. The third-order valence-electron chi connectivity index (χ3n) is 6.54. The van der Waals surface area contributed by atoms with E-state index < -0.39 is 10.0 Å². The van der Waals surface area contributed by atoms with Crippen molar-refractivity contribution >= 4 is 15.9 Å². The van der Waals surface area contributed by atoms with E-state index in [-0.39, 0.29) is 22.8 Å². The number of nitrogens with zero attached hydrogens (tertiary/aromatic N) is 1. The number of benzene rings is 2. The van der Waals surface area contributed by atoms with Crippen LogP contribution in [0, 0.1) is 33.6 Å². The van der Waals surface area contributed by atoms with Crippen LogP contribution in [0.1, 0.15) is 53.6 Å². The quantitative estimate of drug-likeness (QED) is 0.704. The fourth-order valence-electron chi connectivity index (χ4n) is 4.38. The van der Waals surface area contributed by atoms with Crippen LogP contribution in [0.4, 0.5) is 0 Å². The summed E-state index contributed by atoms with van der Waals surface area (Å²) in [7, 11) is -2.03. The van der Waals surface area contributed by atoms with Gasteiger partial charge in [-0.3, -0.25) is 4.79 Å². The minimum Gasteiger partial charge on any atom is -0.496 e. The SMILES string of the molecule is COc1ccc(S(=O)(=O)N2CCC(C(=O)N[C@H](C)c3cc(C)c(C)cc3C)CC2)cc1C. The van der Waals surface area contributed by atoms with Crippen molar-refractivity contribution in [3.63, 3.8) is 0 Å². The van der Waals surface area contributed by atoms with E-state index in [0.29, 0.717) is 31.7 Å². The Labute approximate surface area is 192 Å². The molecule has 7 heteroatoms. The van der Waals surface area contributed by atoms with Gasteiger partial charge in [0.1, 0.15) is 5.75 Å². The van der Waals surface area contributed by atoms with E-state index in [1.165, 1.54) is 15.4 Å². The molecule has 0 bridgehead atoms. The number of nitrogens with one attached hydrogen (secondary N) is 1. The van der Waals surface area contributed by atoms with E-state index in [1.807, 2.05) is 13.8 Å². The molecule has 3 rings (SSSR count). The maximum atomic E-state index is 13.1. The van der Waals surface area contributed by atoms with Crippen LogP contribution in [0.25, 0.3) is 0 Å². The lowest BCUT2D eigenvalue weighted by Crippen LogP contribution is -2.43. The Kier molecular flexibility index (Phi) is 7.30. The van der Waals surface area contributed by atoms with Crippen molar-refractivity contribution in [1.29, 1.82) is 0 Å². The number of carbonyl (C=O) groups excluding carboxylic acids is 1. The van der Waals surface area contributed by atoms with Crippen LogP contribution >= 0.6 is 0 Å². The Bertz CT molecular complexity index is 1100. The largest absolute Gasteiger partial charge is 0.496 e. The first-order valence-corrected chi connectivity index (χ1v) is 12.5. The molecule has 1 atom stereocenters. The summed E-state index contributed by atoms with van der Waals surface area (Å²) in [6.45, 7) is 10.7. The number of sulfonamides is 1. The number of ether oxygens (including phenoxy) is 1. The summed E-state index contributed by atoms with van der Waals surface area (Å²) in [5, 5.41) is 3.14. The molecular formula is C25H34N2O4S. The number of piperidine rings is 1. The minimum atomic E-state index is -3.59. The van der Waals surface area contributed by atoms with E-state index in [0.717, 1.165) is 16.7 Å². The fourth-order valence-corrected chi connectivity index (χ4v) is 5.93. The summed E-state index contributed by atoms with van der Waals surface area (Å²) >= 11 is 0. The van der Waals surface area contributed by atoms with Gasteiger partial charge in [0.15, 0.2) is 0 Å². The molecule has 1 fully saturated rings.